The zero-order valence-corrected chi connectivity index (χ0v) is 21.6. The number of nitrogens with zero attached hydrogens (tertiary/aromatic N) is 3. The SMILES string of the molecule is COc1ccc(C)c(NC(=O)c2cnc(Nc3cc(C)n(C(C)C(=O)OC(C)(C)C)n3)s2)c1C. The van der Waals surface area contributed by atoms with Crippen LogP contribution in [0.4, 0.5) is 16.6 Å². The Morgan fingerprint density at radius 2 is 1.88 bits per heavy atom. The Balaban J connectivity index is 1.72. The Bertz CT molecular complexity index is 1210. The van der Waals surface area contributed by atoms with E-state index in [9.17, 15) is 9.59 Å². The number of aryl methyl sites for hydroxylation is 2. The zero-order valence-electron chi connectivity index (χ0n) is 20.8. The maximum absolute atomic E-state index is 12.8. The maximum atomic E-state index is 12.8. The molecule has 0 aliphatic carbocycles. The summed E-state index contributed by atoms with van der Waals surface area (Å²) in [5, 5.41) is 11.1. The Labute approximate surface area is 203 Å². The highest BCUT2D eigenvalue weighted by Gasteiger charge is 2.25. The van der Waals surface area contributed by atoms with Crippen LogP contribution in [0.15, 0.2) is 24.4 Å². The highest BCUT2D eigenvalue weighted by molar-refractivity contribution is 7.17. The van der Waals surface area contributed by atoms with Gasteiger partial charge in [-0.05, 0) is 60.1 Å². The molecule has 182 valence electrons. The summed E-state index contributed by atoms with van der Waals surface area (Å²) in [6.45, 7) is 12.9. The molecule has 1 amide bonds. The van der Waals surface area contributed by atoms with Crippen molar-refractivity contribution in [2.24, 2.45) is 0 Å². The van der Waals surface area contributed by atoms with E-state index in [4.69, 9.17) is 9.47 Å². The number of hydrogen-bond donors (Lipinski definition) is 2. The van der Waals surface area contributed by atoms with Crippen LogP contribution >= 0.6 is 11.3 Å². The third-order valence-corrected chi connectivity index (χ3v) is 6.00. The van der Waals surface area contributed by atoms with Crippen LogP contribution in [0.1, 0.15) is 60.2 Å². The van der Waals surface area contributed by atoms with Gasteiger partial charge in [0, 0.05) is 17.3 Å². The van der Waals surface area contributed by atoms with Gasteiger partial charge in [-0.3, -0.25) is 9.48 Å². The lowest BCUT2D eigenvalue weighted by atomic mass is 10.1. The molecule has 2 heterocycles. The van der Waals surface area contributed by atoms with Gasteiger partial charge in [0.2, 0.25) is 0 Å². The molecule has 0 saturated carbocycles. The fourth-order valence-electron chi connectivity index (χ4n) is 3.39. The molecule has 10 heteroatoms. The van der Waals surface area contributed by atoms with E-state index in [0.717, 1.165) is 22.5 Å². The molecular formula is C24H31N5O4S. The summed E-state index contributed by atoms with van der Waals surface area (Å²) in [4.78, 5) is 30.0. The Morgan fingerprint density at radius 1 is 1.18 bits per heavy atom. The van der Waals surface area contributed by atoms with E-state index in [1.807, 2.05) is 59.7 Å². The number of carbonyl (C=O) groups excluding carboxylic acids is 2. The van der Waals surface area contributed by atoms with Crippen molar-refractivity contribution >= 4 is 39.9 Å². The van der Waals surface area contributed by atoms with Crippen molar-refractivity contribution in [3.05, 3.63) is 46.1 Å². The number of aromatic nitrogens is 3. The van der Waals surface area contributed by atoms with E-state index in [1.165, 1.54) is 17.5 Å². The van der Waals surface area contributed by atoms with Gasteiger partial charge in [-0.15, -0.1) is 0 Å². The number of carbonyl (C=O) groups is 2. The summed E-state index contributed by atoms with van der Waals surface area (Å²) >= 11 is 1.21. The average molecular weight is 486 g/mol. The molecule has 0 bridgehead atoms. The molecular weight excluding hydrogens is 454 g/mol. The predicted octanol–water partition coefficient (Wildman–Crippen LogP) is 5.17. The summed E-state index contributed by atoms with van der Waals surface area (Å²) in [6, 6.07) is 5.00. The van der Waals surface area contributed by atoms with Crippen LogP contribution in [0.2, 0.25) is 0 Å². The number of thiazole rings is 1. The quantitative estimate of drug-likeness (QED) is 0.444. The summed E-state index contributed by atoms with van der Waals surface area (Å²) in [6.07, 6.45) is 1.51. The largest absolute Gasteiger partial charge is 0.496 e. The third-order valence-electron chi connectivity index (χ3n) is 5.08. The van der Waals surface area contributed by atoms with Crippen LogP contribution in [0.25, 0.3) is 0 Å². The standard InChI is InChI=1S/C24H31N5O4S/c1-13-9-10-17(32-8)15(3)20(13)27-21(30)18-12-25-23(34-18)26-19-11-14(2)29(28-19)16(4)22(31)33-24(5,6)7/h9-12,16H,1-8H3,(H,27,30)(H,25,26,28). The van der Waals surface area contributed by atoms with Crippen LogP contribution in [-0.4, -0.2) is 39.4 Å². The van der Waals surface area contributed by atoms with Crippen molar-refractivity contribution in [1.82, 2.24) is 14.8 Å². The van der Waals surface area contributed by atoms with Crippen molar-refractivity contribution in [3.63, 3.8) is 0 Å². The van der Waals surface area contributed by atoms with Crippen molar-refractivity contribution in [3.8, 4) is 5.75 Å². The molecule has 1 aromatic carbocycles. The van der Waals surface area contributed by atoms with Crippen molar-refractivity contribution < 1.29 is 19.1 Å². The molecule has 0 spiro atoms. The minimum atomic E-state index is -0.582. The molecule has 0 aliphatic rings. The number of anilines is 3. The lowest BCUT2D eigenvalue weighted by Crippen LogP contribution is -2.29. The topological polar surface area (TPSA) is 107 Å². The van der Waals surface area contributed by atoms with E-state index < -0.39 is 11.6 Å². The summed E-state index contributed by atoms with van der Waals surface area (Å²) in [5.74, 6) is 0.611. The first-order valence-electron chi connectivity index (χ1n) is 10.9. The molecule has 9 nitrogen and oxygen atoms in total. The molecule has 0 radical (unpaired) electrons. The predicted molar refractivity (Wildman–Crippen MR) is 133 cm³/mol. The number of esters is 1. The first-order chi connectivity index (χ1) is 15.9. The lowest BCUT2D eigenvalue weighted by molar-refractivity contribution is -0.158. The fourth-order valence-corrected chi connectivity index (χ4v) is 4.11. The molecule has 0 saturated heterocycles. The highest BCUT2D eigenvalue weighted by Crippen LogP contribution is 2.30. The van der Waals surface area contributed by atoms with Crippen molar-refractivity contribution in [2.75, 3.05) is 17.7 Å². The number of methoxy groups -OCH3 is 1. The van der Waals surface area contributed by atoms with Crippen LogP contribution in [0.5, 0.6) is 5.75 Å². The van der Waals surface area contributed by atoms with Crippen LogP contribution in [0, 0.1) is 20.8 Å². The summed E-state index contributed by atoms with van der Waals surface area (Å²) in [5.41, 5.74) is 2.73. The van der Waals surface area contributed by atoms with Gasteiger partial charge in [0.05, 0.1) is 19.0 Å². The van der Waals surface area contributed by atoms with E-state index >= 15 is 0 Å². The molecule has 1 unspecified atom stereocenters. The number of amides is 1. The van der Waals surface area contributed by atoms with Gasteiger partial charge in [-0.25, -0.2) is 9.78 Å². The molecule has 0 aliphatic heterocycles. The Hall–Kier alpha value is -3.40. The van der Waals surface area contributed by atoms with Crippen molar-refractivity contribution in [2.45, 2.75) is 60.1 Å². The molecule has 3 aromatic rings. The monoisotopic (exact) mass is 485 g/mol. The van der Waals surface area contributed by atoms with Gasteiger partial charge in [0.15, 0.2) is 10.9 Å². The fraction of sp³-hybridized carbons (Fsp3) is 0.417. The second-order valence-corrected chi connectivity index (χ2v) is 10.0. The molecule has 34 heavy (non-hydrogen) atoms. The molecule has 1 atom stereocenters. The molecule has 2 N–H and O–H groups in total. The minimum Gasteiger partial charge on any atom is -0.496 e. The number of ether oxygens (including phenoxy) is 2. The van der Waals surface area contributed by atoms with Crippen molar-refractivity contribution in [1.29, 1.82) is 0 Å². The first kappa shape index (κ1) is 25.2. The molecule has 3 rings (SSSR count). The maximum Gasteiger partial charge on any atom is 0.331 e. The Morgan fingerprint density at radius 3 is 2.53 bits per heavy atom. The normalized spacial score (nSPS) is 12.2. The van der Waals surface area contributed by atoms with Gasteiger partial charge in [-0.1, -0.05) is 17.4 Å². The smallest absolute Gasteiger partial charge is 0.331 e. The second-order valence-electron chi connectivity index (χ2n) is 9.02. The lowest BCUT2D eigenvalue weighted by Gasteiger charge is -2.22. The van der Waals surface area contributed by atoms with E-state index in [-0.39, 0.29) is 11.9 Å². The van der Waals surface area contributed by atoms with E-state index in [1.54, 1.807) is 18.7 Å². The van der Waals surface area contributed by atoms with Crippen LogP contribution in [0.3, 0.4) is 0 Å². The van der Waals surface area contributed by atoms with Gasteiger partial charge in [-0.2, -0.15) is 5.10 Å². The van der Waals surface area contributed by atoms with Gasteiger partial charge in [0.25, 0.3) is 5.91 Å². The highest BCUT2D eigenvalue weighted by atomic mass is 32.1. The van der Waals surface area contributed by atoms with E-state index in [0.29, 0.717) is 21.6 Å². The van der Waals surface area contributed by atoms with Crippen LogP contribution < -0.4 is 15.4 Å². The second kappa shape index (κ2) is 9.84. The van der Waals surface area contributed by atoms with Gasteiger partial charge in [0.1, 0.15) is 22.3 Å². The zero-order chi connectivity index (χ0) is 25.2. The van der Waals surface area contributed by atoms with Gasteiger partial charge >= 0.3 is 5.97 Å². The number of rotatable bonds is 7. The number of benzene rings is 1. The Kier molecular flexibility index (Phi) is 7.30. The number of nitrogens with one attached hydrogen (secondary N) is 2. The molecule has 0 fully saturated rings. The average Bonchev–Trinajstić information content (AvgIpc) is 3.36. The van der Waals surface area contributed by atoms with Gasteiger partial charge < -0.3 is 20.1 Å². The van der Waals surface area contributed by atoms with Crippen LogP contribution in [-0.2, 0) is 9.53 Å². The minimum absolute atomic E-state index is 0.259. The summed E-state index contributed by atoms with van der Waals surface area (Å²) < 4.78 is 12.4. The van der Waals surface area contributed by atoms with E-state index in [2.05, 4.69) is 20.7 Å². The summed E-state index contributed by atoms with van der Waals surface area (Å²) in [7, 11) is 1.60. The number of hydrogen-bond acceptors (Lipinski definition) is 8. The molecule has 2 aromatic heterocycles. The third kappa shape index (κ3) is 5.74. The first-order valence-corrected chi connectivity index (χ1v) is 11.7.